The molecule has 0 atom stereocenters. The van der Waals surface area contributed by atoms with Crippen LogP contribution in [0.25, 0.3) is 0 Å². The number of alkyl halides is 3. The molecule has 6 nitrogen and oxygen atoms in total. The first kappa shape index (κ1) is 13.5. The number of nitrogen functional groups attached to an aromatic ring is 1. The number of aromatic nitrogens is 2. The van der Waals surface area contributed by atoms with Gasteiger partial charge in [-0.1, -0.05) is 0 Å². The van der Waals surface area contributed by atoms with E-state index in [0.717, 1.165) is 0 Å². The summed E-state index contributed by atoms with van der Waals surface area (Å²) < 4.78 is 38.5. The minimum Gasteiger partial charge on any atom is -0.378 e. The summed E-state index contributed by atoms with van der Waals surface area (Å²) in [5, 5.41) is 11.0. The second-order valence-electron chi connectivity index (χ2n) is 5.42. The van der Waals surface area contributed by atoms with Crippen LogP contribution < -0.4 is 5.73 Å². The van der Waals surface area contributed by atoms with Crippen LogP contribution in [0, 0.1) is 15.5 Å². The van der Waals surface area contributed by atoms with E-state index in [9.17, 15) is 23.3 Å². The zero-order chi connectivity index (χ0) is 14.9. The predicted octanol–water partition coefficient (Wildman–Crippen LogP) is 2.71. The molecule has 20 heavy (non-hydrogen) atoms. The van der Waals surface area contributed by atoms with E-state index >= 15 is 0 Å². The maximum atomic E-state index is 12.8. The van der Waals surface area contributed by atoms with E-state index in [0.29, 0.717) is 0 Å². The Balaban J connectivity index is 2.01. The van der Waals surface area contributed by atoms with Crippen molar-refractivity contribution >= 4 is 27.4 Å². The lowest BCUT2D eigenvalue weighted by molar-refractivity contribution is -0.390. The molecule has 0 aromatic carbocycles. The van der Waals surface area contributed by atoms with Crippen LogP contribution in [0.2, 0.25) is 0 Å². The first-order valence-corrected chi connectivity index (χ1v) is 6.44. The van der Waals surface area contributed by atoms with E-state index in [2.05, 4.69) is 25.9 Å². The smallest absolute Gasteiger partial charge is 0.378 e. The van der Waals surface area contributed by atoms with E-state index in [1.807, 2.05) is 0 Å². The van der Waals surface area contributed by atoms with Gasteiger partial charge in [-0.15, -0.1) is 0 Å². The molecule has 4 rings (SSSR count). The average Bonchev–Trinajstić information content (AvgIpc) is 2.07. The molecule has 2 bridgehead atoms. The highest BCUT2D eigenvalue weighted by atomic mass is 79.9. The number of halogens is 4. The zero-order valence-corrected chi connectivity index (χ0v) is 11.5. The predicted molar refractivity (Wildman–Crippen MR) is 64.8 cm³/mol. The van der Waals surface area contributed by atoms with Gasteiger partial charge in [-0.05, 0) is 35.2 Å². The Hall–Kier alpha value is -1.45. The number of nitro groups is 1. The monoisotopic (exact) mass is 352 g/mol. The van der Waals surface area contributed by atoms with Crippen LogP contribution in [0.4, 0.5) is 24.7 Å². The lowest BCUT2D eigenvalue weighted by Crippen LogP contribution is -2.70. The third kappa shape index (κ3) is 1.51. The van der Waals surface area contributed by atoms with Gasteiger partial charge in [0.15, 0.2) is 4.73 Å². The van der Waals surface area contributed by atoms with Gasteiger partial charge in [0.2, 0.25) is 5.82 Å². The van der Waals surface area contributed by atoms with E-state index in [4.69, 9.17) is 5.73 Å². The van der Waals surface area contributed by atoms with Gasteiger partial charge in [-0.25, -0.2) is 4.98 Å². The third-order valence-electron chi connectivity index (χ3n) is 4.20. The summed E-state index contributed by atoms with van der Waals surface area (Å²) in [4.78, 5) is 17.9. The topological polar surface area (TPSA) is 94.9 Å². The summed E-state index contributed by atoms with van der Waals surface area (Å²) in [7, 11) is 0. The number of hydrogen-bond donors (Lipinski definition) is 1. The average molecular weight is 353 g/mol. The summed E-state index contributed by atoms with van der Waals surface area (Å²) in [6.45, 7) is 0. The normalized spacial score (nSPS) is 31.4. The first-order chi connectivity index (χ1) is 9.10. The van der Waals surface area contributed by atoms with Gasteiger partial charge in [0.1, 0.15) is 5.69 Å². The zero-order valence-electron chi connectivity index (χ0n) is 9.87. The lowest BCUT2D eigenvalue weighted by atomic mass is 9.34. The standard InChI is InChI=1S/C10H8BrF3N4O2/c11-7-16-5(4(18(19)20)6(15)17-7)8-1-9(2-8,3-8)10(12,13)14/h1-3H2,(H2,15,16,17). The number of nitrogens with two attached hydrogens (primary N) is 1. The van der Waals surface area contributed by atoms with Crippen LogP contribution in [0.1, 0.15) is 25.0 Å². The molecule has 1 aromatic rings. The van der Waals surface area contributed by atoms with Crippen molar-refractivity contribution in [1.82, 2.24) is 9.97 Å². The summed E-state index contributed by atoms with van der Waals surface area (Å²) >= 11 is 2.97. The molecule has 0 radical (unpaired) electrons. The molecule has 0 unspecified atom stereocenters. The number of nitrogens with zero attached hydrogens (tertiary/aromatic N) is 3. The highest BCUT2D eigenvalue weighted by Crippen LogP contribution is 2.79. The van der Waals surface area contributed by atoms with Crippen LogP contribution in [0.15, 0.2) is 4.73 Å². The van der Waals surface area contributed by atoms with Crippen molar-refractivity contribution in [2.75, 3.05) is 5.73 Å². The van der Waals surface area contributed by atoms with Crippen molar-refractivity contribution in [3.63, 3.8) is 0 Å². The van der Waals surface area contributed by atoms with Gasteiger partial charge in [0, 0.05) is 5.41 Å². The number of hydrogen-bond acceptors (Lipinski definition) is 5. The van der Waals surface area contributed by atoms with E-state index in [1.54, 1.807) is 0 Å². The molecule has 1 heterocycles. The molecule has 0 amide bonds. The van der Waals surface area contributed by atoms with Crippen LogP contribution in [0.5, 0.6) is 0 Å². The van der Waals surface area contributed by atoms with Crippen LogP contribution >= 0.6 is 15.9 Å². The molecule has 108 valence electrons. The van der Waals surface area contributed by atoms with E-state index in [1.165, 1.54) is 0 Å². The van der Waals surface area contributed by atoms with Crippen molar-refractivity contribution < 1.29 is 18.1 Å². The Bertz CT molecular complexity index is 614. The van der Waals surface area contributed by atoms with Crippen LogP contribution in [-0.2, 0) is 5.41 Å². The fourth-order valence-corrected chi connectivity index (χ4v) is 3.70. The maximum absolute atomic E-state index is 12.8. The first-order valence-electron chi connectivity index (χ1n) is 5.65. The largest absolute Gasteiger partial charge is 0.394 e. The van der Waals surface area contributed by atoms with Gasteiger partial charge in [0.05, 0.1) is 10.3 Å². The van der Waals surface area contributed by atoms with Crippen molar-refractivity contribution in [3.8, 4) is 0 Å². The number of anilines is 1. The molecule has 0 spiro atoms. The van der Waals surface area contributed by atoms with E-state index < -0.39 is 27.6 Å². The van der Waals surface area contributed by atoms with Crippen molar-refractivity contribution in [3.05, 3.63) is 20.5 Å². The molecule has 3 saturated carbocycles. The van der Waals surface area contributed by atoms with Gasteiger partial charge in [-0.2, -0.15) is 18.2 Å². The summed E-state index contributed by atoms with van der Waals surface area (Å²) in [5.74, 6) is -0.336. The molecule has 3 fully saturated rings. The molecule has 3 aliphatic rings. The number of rotatable bonds is 2. The quantitative estimate of drug-likeness (QED) is 0.501. The Labute approximate surface area is 118 Å². The second kappa shape index (κ2) is 3.60. The molecule has 10 heteroatoms. The molecular weight excluding hydrogens is 345 g/mol. The van der Waals surface area contributed by atoms with Gasteiger partial charge >= 0.3 is 11.9 Å². The van der Waals surface area contributed by atoms with Crippen LogP contribution in [-0.4, -0.2) is 21.1 Å². The van der Waals surface area contributed by atoms with Gasteiger partial charge in [-0.3, -0.25) is 10.1 Å². The Morgan fingerprint density at radius 3 is 2.30 bits per heavy atom. The summed E-state index contributed by atoms with van der Waals surface area (Å²) in [5.41, 5.74) is 2.42. The third-order valence-corrected chi connectivity index (χ3v) is 4.55. The Kier molecular flexibility index (Phi) is 2.43. The summed E-state index contributed by atoms with van der Waals surface area (Å²) in [6.07, 6.45) is -4.80. The fourth-order valence-electron chi connectivity index (χ4n) is 3.33. The minimum atomic E-state index is -4.28. The molecular formula is C10H8BrF3N4O2. The fraction of sp³-hybridized carbons (Fsp3) is 0.600. The second-order valence-corrected chi connectivity index (χ2v) is 6.13. The molecule has 0 saturated heterocycles. The van der Waals surface area contributed by atoms with Crippen molar-refractivity contribution in [1.29, 1.82) is 0 Å². The highest BCUT2D eigenvalue weighted by molar-refractivity contribution is 9.10. The highest BCUT2D eigenvalue weighted by Gasteiger charge is 2.80. The SMILES string of the molecule is Nc1nc(Br)nc(C23CC(C(F)(F)F)(C2)C3)c1[N+](=O)[O-]. The van der Waals surface area contributed by atoms with Crippen molar-refractivity contribution in [2.24, 2.45) is 5.41 Å². The summed E-state index contributed by atoms with van der Waals surface area (Å²) in [6, 6.07) is 0. The van der Waals surface area contributed by atoms with Gasteiger partial charge in [0.25, 0.3) is 0 Å². The van der Waals surface area contributed by atoms with Crippen LogP contribution in [0.3, 0.4) is 0 Å². The van der Waals surface area contributed by atoms with Gasteiger partial charge < -0.3 is 5.73 Å². The van der Waals surface area contributed by atoms with E-state index in [-0.39, 0.29) is 35.5 Å². The minimum absolute atomic E-state index is 0.00741. The lowest BCUT2D eigenvalue weighted by Gasteiger charge is -2.69. The molecule has 0 aliphatic heterocycles. The molecule has 2 N–H and O–H groups in total. The molecule has 3 aliphatic carbocycles. The maximum Gasteiger partial charge on any atom is 0.394 e. The Morgan fingerprint density at radius 2 is 1.85 bits per heavy atom. The Morgan fingerprint density at radius 1 is 1.30 bits per heavy atom. The van der Waals surface area contributed by atoms with Crippen molar-refractivity contribution in [2.45, 2.75) is 30.9 Å². The molecule has 1 aromatic heterocycles.